The molecular formula is C15H15N3O4. The summed E-state index contributed by atoms with van der Waals surface area (Å²) < 4.78 is 10.7. The van der Waals surface area contributed by atoms with Crippen molar-refractivity contribution in [3.8, 4) is 11.5 Å². The van der Waals surface area contributed by atoms with E-state index in [0.717, 1.165) is 23.6 Å². The van der Waals surface area contributed by atoms with E-state index < -0.39 is 4.92 Å². The molecule has 0 bridgehead atoms. The molecule has 0 N–H and O–H groups in total. The number of hydrogen-bond acceptors (Lipinski definition) is 6. The molecule has 3 rings (SSSR count). The number of nitro groups is 1. The third-order valence-corrected chi connectivity index (χ3v) is 3.46. The molecule has 0 radical (unpaired) electrons. The third kappa shape index (κ3) is 2.78. The zero-order valence-corrected chi connectivity index (χ0v) is 12.1. The molecule has 1 aliphatic rings. The molecule has 2 aromatic rings. The van der Waals surface area contributed by atoms with Gasteiger partial charge in [0, 0.05) is 19.2 Å². The van der Waals surface area contributed by atoms with Crippen LogP contribution in [0.15, 0.2) is 36.5 Å². The van der Waals surface area contributed by atoms with E-state index in [-0.39, 0.29) is 12.5 Å². The SMILES string of the molecule is CCN(Cc1ccc2c(c1)OCO2)c1ccc([N+](=O)[O-])cn1. The second-order valence-corrected chi connectivity index (χ2v) is 4.83. The van der Waals surface area contributed by atoms with Crippen LogP contribution < -0.4 is 14.4 Å². The zero-order valence-electron chi connectivity index (χ0n) is 12.1. The fourth-order valence-corrected chi connectivity index (χ4v) is 2.29. The van der Waals surface area contributed by atoms with Crippen molar-refractivity contribution in [2.75, 3.05) is 18.2 Å². The molecule has 7 heteroatoms. The third-order valence-electron chi connectivity index (χ3n) is 3.46. The lowest BCUT2D eigenvalue weighted by Gasteiger charge is -2.21. The van der Waals surface area contributed by atoms with Crippen molar-refractivity contribution in [1.82, 2.24) is 4.98 Å². The number of benzene rings is 1. The summed E-state index contributed by atoms with van der Waals surface area (Å²) in [4.78, 5) is 16.4. The summed E-state index contributed by atoms with van der Waals surface area (Å²) >= 11 is 0. The molecule has 22 heavy (non-hydrogen) atoms. The molecule has 0 aliphatic carbocycles. The molecule has 0 amide bonds. The van der Waals surface area contributed by atoms with Gasteiger partial charge >= 0.3 is 0 Å². The fraction of sp³-hybridized carbons (Fsp3) is 0.267. The Kier molecular flexibility index (Phi) is 3.78. The standard InChI is InChI=1S/C15H15N3O4/c1-2-17(15-6-4-12(8-16-15)18(19)20)9-11-3-5-13-14(7-11)22-10-21-13/h3-8H,2,9-10H2,1H3. The van der Waals surface area contributed by atoms with Crippen molar-refractivity contribution in [3.63, 3.8) is 0 Å². The van der Waals surface area contributed by atoms with Gasteiger partial charge in [-0.3, -0.25) is 10.1 Å². The fourth-order valence-electron chi connectivity index (χ4n) is 2.29. The van der Waals surface area contributed by atoms with Crippen LogP contribution in [0.3, 0.4) is 0 Å². The molecule has 1 aliphatic heterocycles. The summed E-state index contributed by atoms with van der Waals surface area (Å²) in [6.07, 6.45) is 1.28. The van der Waals surface area contributed by atoms with Gasteiger partial charge in [-0.1, -0.05) is 6.07 Å². The lowest BCUT2D eigenvalue weighted by atomic mass is 10.2. The normalized spacial score (nSPS) is 12.2. The van der Waals surface area contributed by atoms with Crippen molar-refractivity contribution < 1.29 is 14.4 Å². The Morgan fingerprint density at radius 2 is 2.09 bits per heavy atom. The molecule has 114 valence electrons. The Balaban J connectivity index is 1.78. The molecule has 0 unspecified atom stereocenters. The van der Waals surface area contributed by atoms with E-state index in [4.69, 9.17) is 9.47 Å². The molecule has 0 spiro atoms. The summed E-state index contributed by atoms with van der Waals surface area (Å²) in [6, 6.07) is 8.92. The Morgan fingerprint density at radius 3 is 2.77 bits per heavy atom. The number of pyridine rings is 1. The minimum absolute atomic E-state index is 0.0112. The van der Waals surface area contributed by atoms with E-state index in [0.29, 0.717) is 12.4 Å². The van der Waals surface area contributed by atoms with Gasteiger partial charge in [0.2, 0.25) is 6.79 Å². The number of hydrogen-bond donors (Lipinski definition) is 0. The van der Waals surface area contributed by atoms with Crippen LogP contribution in [0.1, 0.15) is 12.5 Å². The molecule has 0 atom stereocenters. The van der Waals surface area contributed by atoms with E-state index in [2.05, 4.69) is 4.98 Å². The van der Waals surface area contributed by atoms with Gasteiger partial charge in [-0.05, 0) is 30.7 Å². The van der Waals surface area contributed by atoms with Crippen molar-refractivity contribution in [2.24, 2.45) is 0 Å². The molecule has 0 fully saturated rings. The van der Waals surface area contributed by atoms with E-state index in [1.807, 2.05) is 30.0 Å². The first-order chi connectivity index (χ1) is 10.7. The van der Waals surface area contributed by atoms with Gasteiger partial charge in [0.25, 0.3) is 5.69 Å². The van der Waals surface area contributed by atoms with E-state index in [9.17, 15) is 10.1 Å². The largest absolute Gasteiger partial charge is 0.454 e. The highest BCUT2D eigenvalue weighted by Crippen LogP contribution is 2.33. The molecule has 0 saturated carbocycles. The first kappa shape index (κ1) is 14.1. The Bertz CT molecular complexity index is 688. The lowest BCUT2D eigenvalue weighted by molar-refractivity contribution is -0.385. The van der Waals surface area contributed by atoms with Crippen LogP contribution in [0.5, 0.6) is 11.5 Å². The Labute approximate surface area is 127 Å². The second kappa shape index (κ2) is 5.88. The van der Waals surface area contributed by atoms with Crippen LogP contribution in [-0.2, 0) is 6.54 Å². The molecule has 1 aromatic carbocycles. The van der Waals surface area contributed by atoms with Crippen LogP contribution in [0.25, 0.3) is 0 Å². The van der Waals surface area contributed by atoms with Gasteiger partial charge in [0.1, 0.15) is 12.0 Å². The van der Waals surface area contributed by atoms with Gasteiger partial charge in [-0.25, -0.2) is 4.98 Å². The van der Waals surface area contributed by atoms with Gasteiger partial charge < -0.3 is 14.4 Å². The minimum Gasteiger partial charge on any atom is -0.454 e. The van der Waals surface area contributed by atoms with Crippen molar-refractivity contribution in [2.45, 2.75) is 13.5 Å². The molecular weight excluding hydrogens is 286 g/mol. The number of rotatable bonds is 5. The van der Waals surface area contributed by atoms with Crippen molar-refractivity contribution in [1.29, 1.82) is 0 Å². The number of anilines is 1. The predicted octanol–water partition coefficient (Wildman–Crippen LogP) is 2.75. The molecule has 7 nitrogen and oxygen atoms in total. The van der Waals surface area contributed by atoms with E-state index in [1.54, 1.807) is 6.07 Å². The first-order valence-electron chi connectivity index (χ1n) is 6.91. The predicted molar refractivity (Wildman–Crippen MR) is 80.2 cm³/mol. The maximum Gasteiger partial charge on any atom is 0.287 e. The average molecular weight is 301 g/mol. The summed E-state index contributed by atoms with van der Waals surface area (Å²) in [5.41, 5.74) is 1.05. The maximum absolute atomic E-state index is 10.7. The van der Waals surface area contributed by atoms with Crippen molar-refractivity contribution in [3.05, 3.63) is 52.2 Å². The quantitative estimate of drug-likeness (QED) is 0.624. The zero-order chi connectivity index (χ0) is 15.5. The maximum atomic E-state index is 10.7. The first-order valence-corrected chi connectivity index (χ1v) is 6.91. The van der Waals surface area contributed by atoms with Crippen LogP contribution in [0.2, 0.25) is 0 Å². The van der Waals surface area contributed by atoms with Crippen LogP contribution >= 0.6 is 0 Å². The minimum atomic E-state index is -0.453. The summed E-state index contributed by atoms with van der Waals surface area (Å²) in [5, 5.41) is 10.7. The topological polar surface area (TPSA) is 77.7 Å². The highest BCUT2D eigenvalue weighted by atomic mass is 16.7. The summed E-state index contributed by atoms with van der Waals surface area (Å²) in [5.74, 6) is 2.19. The van der Waals surface area contributed by atoms with Gasteiger partial charge in [-0.2, -0.15) is 0 Å². The van der Waals surface area contributed by atoms with Crippen LogP contribution in [-0.4, -0.2) is 23.2 Å². The lowest BCUT2D eigenvalue weighted by Crippen LogP contribution is -2.22. The number of nitrogens with zero attached hydrogens (tertiary/aromatic N) is 3. The average Bonchev–Trinajstić information content (AvgIpc) is 3.00. The summed E-state index contributed by atoms with van der Waals surface area (Å²) in [6.45, 7) is 3.63. The second-order valence-electron chi connectivity index (χ2n) is 4.83. The number of aromatic nitrogens is 1. The Hall–Kier alpha value is -2.83. The summed E-state index contributed by atoms with van der Waals surface area (Å²) in [7, 11) is 0. The smallest absolute Gasteiger partial charge is 0.287 e. The molecule has 0 saturated heterocycles. The van der Waals surface area contributed by atoms with Gasteiger partial charge in [-0.15, -0.1) is 0 Å². The Morgan fingerprint density at radius 1 is 1.27 bits per heavy atom. The van der Waals surface area contributed by atoms with E-state index in [1.165, 1.54) is 12.3 Å². The molecule has 2 heterocycles. The highest BCUT2D eigenvalue weighted by molar-refractivity contribution is 5.47. The van der Waals surface area contributed by atoms with Gasteiger partial charge in [0.05, 0.1) is 4.92 Å². The molecule has 1 aromatic heterocycles. The monoisotopic (exact) mass is 301 g/mol. The number of fused-ring (bicyclic) bond motifs is 1. The van der Waals surface area contributed by atoms with Crippen LogP contribution in [0.4, 0.5) is 11.5 Å². The van der Waals surface area contributed by atoms with Gasteiger partial charge in [0.15, 0.2) is 11.5 Å². The van der Waals surface area contributed by atoms with Crippen molar-refractivity contribution >= 4 is 11.5 Å². The van der Waals surface area contributed by atoms with Crippen LogP contribution in [0, 0.1) is 10.1 Å². The number of ether oxygens (including phenoxy) is 2. The van der Waals surface area contributed by atoms with E-state index >= 15 is 0 Å². The highest BCUT2D eigenvalue weighted by Gasteiger charge is 2.15.